The van der Waals surface area contributed by atoms with Gasteiger partial charge in [-0.1, -0.05) is 12.1 Å². The Morgan fingerprint density at radius 3 is 2.82 bits per heavy atom. The average molecular weight is 445 g/mol. The molecule has 5 nitrogen and oxygen atoms in total. The third kappa shape index (κ3) is 5.53. The van der Waals surface area contributed by atoms with Gasteiger partial charge in [0, 0.05) is 29.7 Å². The Labute approximate surface area is 170 Å². The zero-order chi connectivity index (χ0) is 19.9. The monoisotopic (exact) mass is 444 g/mol. The second-order valence-corrected chi connectivity index (χ2v) is 6.86. The van der Waals surface area contributed by atoms with E-state index in [1.165, 1.54) is 18.2 Å². The molecule has 3 aromatic rings. The summed E-state index contributed by atoms with van der Waals surface area (Å²) >= 11 is 3.22. The predicted molar refractivity (Wildman–Crippen MR) is 108 cm³/mol. The van der Waals surface area contributed by atoms with Gasteiger partial charge in [0.25, 0.3) is 5.91 Å². The first kappa shape index (κ1) is 19.8. The average Bonchev–Trinajstić information content (AvgIpc) is 2.69. The summed E-state index contributed by atoms with van der Waals surface area (Å²) in [4.78, 5) is 16.5. The molecular weight excluding hydrogens is 427 g/mol. The van der Waals surface area contributed by atoms with Gasteiger partial charge >= 0.3 is 0 Å². The minimum absolute atomic E-state index is 0.333. The molecule has 1 amide bonds. The highest BCUT2D eigenvalue weighted by Crippen LogP contribution is 2.26. The molecule has 28 heavy (non-hydrogen) atoms. The number of carbonyl (C=O) groups is 1. The molecule has 0 aliphatic rings. The highest BCUT2D eigenvalue weighted by atomic mass is 79.9. The maximum Gasteiger partial charge on any atom is 0.265 e. The first-order valence-electron chi connectivity index (χ1n) is 8.55. The predicted octanol–water partition coefficient (Wildman–Crippen LogP) is 4.97. The van der Waals surface area contributed by atoms with Crippen molar-refractivity contribution in [3.63, 3.8) is 0 Å². The molecule has 0 saturated carbocycles. The molecule has 1 aromatic heterocycles. The Kier molecular flexibility index (Phi) is 6.60. The second kappa shape index (κ2) is 9.32. The quantitative estimate of drug-likeness (QED) is 0.558. The highest BCUT2D eigenvalue weighted by molar-refractivity contribution is 9.10. The maximum absolute atomic E-state index is 13.2. The number of pyridine rings is 1. The van der Waals surface area contributed by atoms with Gasteiger partial charge in [0.05, 0.1) is 4.47 Å². The Hall–Kier alpha value is -2.93. The van der Waals surface area contributed by atoms with E-state index >= 15 is 0 Å². The van der Waals surface area contributed by atoms with Crippen LogP contribution < -0.4 is 14.8 Å². The van der Waals surface area contributed by atoms with E-state index in [1.807, 2.05) is 18.2 Å². The first-order valence-corrected chi connectivity index (χ1v) is 9.35. The van der Waals surface area contributed by atoms with E-state index in [1.54, 1.807) is 37.5 Å². The Morgan fingerprint density at radius 1 is 1.21 bits per heavy atom. The molecule has 1 unspecified atom stereocenters. The van der Waals surface area contributed by atoms with Crippen LogP contribution in [0.4, 0.5) is 10.1 Å². The van der Waals surface area contributed by atoms with E-state index in [2.05, 4.69) is 26.2 Å². The number of benzene rings is 2. The van der Waals surface area contributed by atoms with E-state index in [4.69, 9.17) is 9.47 Å². The van der Waals surface area contributed by atoms with Crippen molar-refractivity contribution in [2.24, 2.45) is 0 Å². The maximum atomic E-state index is 13.2. The summed E-state index contributed by atoms with van der Waals surface area (Å²) in [6.45, 7) is 2.00. The van der Waals surface area contributed by atoms with Crippen LogP contribution in [0, 0.1) is 5.82 Å². The molecule has 144 valence electrons. The van der Waals surface area contributed by atoms with Crippen LogP contribution in [0.3, 0.4) is 0 Å². The molecule has 2 aromatic carbocycles. The summed E-state index contributed by atoms with van der Waals surface area (Å²) in [5.41, 5.74) is 1.53. The van der Waals surface area contributed by atoms with Crippen molar-refractivity contribution in [3.8, 4) is 11.5 Å². The molecule has 7 heteroatoms. The van der Waals surface area contributed by atoms with Crippen molar-refractivity contribution in [1.82, 2.24) is 4.98 Å². The lowest BCUT2D eigenvalue weighted by atomic mass is 10.2. The van der Waals surface area contributed by atoms with Gasteiger partial charge in [-0.3, -0.25) is 9.78 Å². The molecule has 1 heterocycles. The topological polar surface area (TPSA) is 60.5 Å². The number of aromatic nitrogens is 1. The third-order valence-electron chi connectivity index (χ3n) is 3.80. The summed E-state index contributed by atoms with van der Waals surface area (Å²) in [5, 5.41) is 2.79. The van der Waals surface area contributed by atoms with Gasteiger partial charge in [0.1, 0.15) is 23.9 Å². The second-order valence-electron chi connectivity index (χ2n) is 6.00. The Balaban J connectivity index is 1.58. The van der Waals surface area contributed by atoms with Crippen molar-refractivity contribution >= 4 is 27.5 Å². The fourth-order valence-corrected chi connectivity index (χ4v) is 2.82. The lowest BCUT2D eigenvalue weighted by Crippen LogP contribution is -2.30. The van der Waals surface area contributed by atoms with E-state index in [-0.39, 0.29) is 11.7 Å². The van der Waals surface area contributed by atoms with Crippen LogP contribution in [-0.4, -0.2) is 17.0 Å². The number of ether oxygens (including phenoxy) is 2. The van der Waals surface area contributed by atoms with Crippen molar-refractivity contribution in [2.75, 3.05) is 5.32 Å². The summed E-state index contributed by atoms with van der Waals surface area (Å²) < 4.78 is 24.9. The molecule has 3 rings (SSSR count). The van der Waals surface area contributed by atoms with Gasteiger partial charge in [0.2, 0.25) is 0 Å². The lowest BCUT2D eigenvalue weighted by Gasteiger charge is -2.16. The number of nitrogens with one attached hydrogen (secondary N) is 1. The molecule has 0 radical (unpaired) electrons. The summed E-state index contributed by atoms with van der Waals surface area (Å²) in [5.74, 6) is 0.286. The normalized spacial score (nSPS) is 11.5. The van der Waals surface area contributed by atoms with Gasteiger partial charge in [0.15, 0.2) is 6.10 Å². The molecule has 0 aliphatic heterocycles. The third-order valence-corrected chi connectivity index (χ3v) is 4.42. The zero-order valence-corrected chi connectivity index (χ0v) is 16.6. The van der Waals surface area contributed by atoms with Gasteiger partial charge < -0.3 is 14.8 Å². The van der Waals surface area contributed by atoms with Crippen molar-refractivity contribution in [3.05, 3.63) is 82.8 Å². The minimum atomic E-state index is -0.776. The van der Waals surface area contributed by atoms with Gasteiger partial charge in [-0.15, -0.1) is 0 Å². The Morgan fingerprint density at radius 2 is 2.07 bits per heavy atom. The number of rotatable bonds is 7. The SMILES string of the molecule is CC(Oc1ccc(F)cc1Br)C(=O)Nc1cccc(OCc2cccnc2)c1. The molecule has 1 atom stereocenters. The van der Waals surface area contributed by atoms with Crippen LogP contribution >= 0.6 is 15.9 Å². The largest absolute Gasteiger partial charge is 0.489 e. The van der Waals surface area contributed by atoms with Crippen LogP contribution in [0.1, 0.15) is 12.5 Å². The molecule has 0 fully saturated rings. The van der Waals surface area contributed by atoms with Gasteiger partial charge in [-0.05, 0) is 59.3 Å². The van der Waals surface area contributed by atoms with Crippen LogP contribution in [0.25, 0.3) is 0 Å². The first-order chi connectivity index (χ1) is 13.5. The fraction of sp³-hybridized carbons (Fsp3) is 0.143. The number of nitrogens with zero attached hydrogens (tertiary/aromatic N) is 1. The van der Waals surface area contributed by atoms with Crippen LogP contribution in [0.15, 0.2) is 71.5 Å². The van der Waals surface area contributed by atoms with Gasteiger partial charge in [-0.2, -0.15) is 0 Å². The highest BCUT2D eigenvalue weighted by Gasteiger charge is 2.16. The fourth-order valence-electron chi connectivity index (χ4n) is 2.37. The van der Waals surface area contributed by atoms with E-state index in [0.717, 1.165) is 5.56 Å². The summed E-state index contributed by atoms with van der Waals surface area (Å²) in [6.07, 6.45) is 2.66. The minimum Gasteiger partial charge on any atom is -0.489 e. The Bertz CT molecular complexity index is 953. The van der Waals surface area contributed by atoms with Crippen LogP contribution in [0.2, 0.25) is 0 Å². The van der Waals surface area contributed by atoms with E-state index in [9.17, 15) is 9.18 Å². The van der Waals surface area contributed by atoms with E-state index in [0.29, 0.717) is 28.3 Å². The van der Waals surface area contributed by atoms with Crippen molar-refractivity contribution in [1.29, 1.82) is 0 Å². The van der Waals surface area contributed by atoms with E-state index < -0.39 is 6.10 Å². The van der Waals surface area contributed by atoms with Crippen molar-refractivity contribution in [2.45, 2.75) is 19.6 Å². The summed E-state index contributed by atoms with van der Waals surface area (Å²) in [7, 11) is 0. The van der Waals surface area contributed by atoms with Gasteiger partial charge in [-0.25, -0.2) is 4.39 Å². The zero-order valence-electron chi connectivity index (χ0n) is 15.1. The number of hydrogen-bond donors (Lipinski definition) is 1. The molecule has 0 aliphatic carbocycles. The number of anilines is 1. The molecule has 0 spiro atoms. The lowest BCUT2D eigenvalue weighted by molar-refractivity contribution is -0.122. The number of carbonyl (C=O) groups excluding carboxylic acids is 1. The van der Waals surface area contributed by atoms with Crippen LogP contribution in [0.5, 0.6) is 11.5 Å². The molecular formula is C21H18BrFN2O3. The number of halogens is 2. The number of hydrogen-bond acceptors (Lipinski definition) is 4. The molecule has 1 N–H and O–H groups in total. The number of amides is 1. The van der Waals surface area contributed by atoms with Crippen LogP contribution in [-0.2, 0) is 11.4 Å². The standard InChI is InChI=1S/C21H18BrFN2O3/c1-14(28-20-8-7-16(23)10-19(20)22)21(26)25-17-5-2-6-18(11-17)27-13-15-4-3-9-24-12-15/h2-12,14H,13H2,1H3,(H,25,26). The van der Waals surface area contributed by atoms with Crippen molar-refractivity contribution < 1.29 is 18.7 Å². The summed E-state index contributed by atoms with van der Waals surface area (Å²) in [6, 6.07) is 14.9. The molecule has 0 saturated heterocycles. The smallest absolute Gasteiger partial charge is 0.265 e. The molecule has 0 bridgehead atoms.